The zero-order valence-electron chi connectivity index (χ0n) is 27.7. The van der Waals surface area contributed by atoms with Gasteiger partial charge in [0.1, 0.15) is 12.1 Å². The number of hydrogen-bond acceptors (Lipinski definition) is 5. The molecule has 7 nitrogen and oxygen atoms in total. The Morgan fingerprint density at radius 3 is 2.30 bits per heavy atom. The summed E-state index contributed by atoms with van der Waals surface area (Å²) in [5.41, 5.74) is 1.90. The topological polar surface area (TPSA) is 91.4 Å². The predicted molar refractivity (Wildman–Crippen MR) is 177 cm³/mol. The number of nitrogens with one attached hydrogen (secondary N) is 2. The Kier molecular flexibility index (Phi) is 18.7. The van der Waals surface area contributed by atoms with Crippen molar-refractivity contribution in [2.75, 3.05) is 13.1 Å². The quantitative estimate of drug-likeness (QED) is 0.187. The van der Waals surface area contributed by atoms with Crippen molar-refractivity contribution in [3.05, 3.63) is 73.0 Å². The monoisotopic (exact) mass is 703 g/mol. The molecule has 1 saturated heterocycles. The van der Waals surface area contributed by atoms with Crippen LogP contribution in [0.15, 0.2) is 48.5 Å². The van der Waals surface area contributed by atoms with Gasteiger partial charge in [0.05, 0.1) is 16.1 Å². The minimum Gasteiger partial charge on any atom is -0.358 e. The van der Waals surface area contributed by atoms with Crippen LogP contribution in [0, 0.1) is 26.2 Å². The van der Waals surface area contributed by atoms with E-state index in [1.54, 1.807) is 17.7 Å². The standard InChI is InChI=1S/C28H37FN4O3S.C5H11.CH3.Y/c1-7-19(11-12-20(8-2)22-18(3)31-17-37-22)16-30-24(34)21-10-9-15-33(21)25(35)23(27(4,5)6)32-26(36)28(29)13-14-28;1-3-5-4-2;;/h7-8,11-12,17,21,23H,1-2,9-10,13-16H2,3-6H3,(H,30,34)(H,32,36);5H,3-4H2,1-2H3;1H3;/q;2*-1;/b19-11+,20-12+;;;. The van der Waals surface area contributed by atoms with Gasteiger partial charge < -0.3 is 29.4 Å². The van der Waals surface area contributed by atoms with Crippen molar-refractivity contribution in [1.82, 2.24) is 20.5 Å². The second kappa shape index (κ2) is 19.5. The van der Waals surface area contributed by atoms with E-state index in [4.69, 9.17) is 0 Å². The summed E-state index contributed by atoms with van der Waals surface area (Å²) in [6.45, 7) is 20.1. The minimum absolute atomic E-state index is 0. The molecular formula is C34H51FN4O3SY-2. The number of likely N-dealkylation sites (tertiary alicyclic amines) is 1. The van der Waals surface area contributed by atoms with Crippen LogP contribution in [0.25, 0.3) is 5.57 Å². The van der Waals surface area contributed by atoms with E-state index >= 15 is 0 Å². The Balaban J connectivity index is 0.00000244. The van der Waals surface area contributed by atoms with Gasteiger partial charge in [0.2, 0.25) is 11.8 Å². The molecule has 1 aliphatic carbocycles. The average Bonchev–Trinajstić information content (AvgIpc) is 3.31. The molecule has 0 spiro atoms. The third-order valence-corrected chi connectivity index (χ3v) is 8.31. The number of amides is 3. The Morgan fingerprint density at radius 2 is 1.84 bits per heavy atom. The number of aromatic nitrogens is 1. The third-order valence-electron chi connectivity index (χ3n) is 7.33. The van der Waals surface area contributed by atoms with E-state index in [1.165, 1.54) is 29.1 Å². The molecule has 1 aliphatic heterocycles. The van der Waals surface area contributed by atoms with Gasteiger partial charge in [0, 0.05) is 45.8 Å². The fourth-order valence-corrected chi connectivity index (χ4v) is 5.35. The van der Waals surface area contributed by atoms with Crippen molar-refractivity contribution in [1.29, 1.82) is 0 Å². The van der Waals surface area contributed by atoms with E-state index in [-0.39, 0.29) is 71.3 Å². The van der Waals surface area contributed by atoms with Crippen molar-refractivity contribution in [3.63, 3.8) is 0 Å². The van der Waals surface area contributed by atoms with E-state index < -0.39 is 29.1 Å². The molecule has 2 unspecified atom stereocenters. The fourth-order valence-electron chi connectivity index (χ4n) is 4.52. The second-order valence-corrected chi connectivity index (χ2v) is 12.6. The first-order valence-corrected chi connectivity index (χ1v) is 15.7. The van der Waals surface area contributed by atoms with Crippen molar-refractivity contribution in [2.24, 2.45) is 5.41 Å². The Bertz CT molecular complexity index is 1180. The van der Waals surface area contributed by atoms with Gasteiger partial charge in [-0.3, -0.25) is 14.4 Å². The van der Waals surface area contributed by atoms with Crippen LogP contribution in [0.2, 0.25) is 0 Å². The zero-order valence-corrected chi connectivity index (χ0v) is 31.3. The molecule has 0 bridgehead atoms. The van der Waals surface area contributed by atoms with Crippen LogP contribution in [0.5, 0.6) is 0 Å². The maximum Gasteiger partial charge on any atom is 0.258 e. The maximum atomic E-state index is 14.3. The van der Waals surface area contributed by atoms with Crippen molar-refractivity contribution in [3.8, 4) is 0 Å². The van der Waals surface area contributed by atoms with Gasteiger partial charge >= 0.3 is 0 Å². The van der Waals surface area contributed by atoms with Crippen LogP contribution in [0.4, 0.5) is 4.39 Å². The van der Waals surface area contributed by atoms with E-state index in [0.29, 0.717) is 19.4 Å². The molecule has 2 heterocycles. The molecule has 44 heavy (non-hydrogen) atoms. The summed E-state index contributed by atoms with van der Waals surface area (Å²) in [4.78, 5) is 45.8. The smallest absolute Gasteiger partial charge is 0.258 e. The van der Waals surface area contributed by atoms with Crippen LogP contribution in [-0.2, 0) is 47.1 Å². The fraction of sp³-hybridized carbons (Fsp3) is 0.529. The number of carbonyl (C=O) groups excluding carboxylic acids is 3. The molecule has 1 aromatic heterocycles. The first kappa shape index (κ1) is 42.0. The maximum absolute atomic E-state index is 14.3. The Morgan fingerprint density at radius 1 is 1.20 bits per heavy atom. The van der Waals surface area contributed by atoms with Crippen molar-refractivity contribution < 1.29 is 51.5 Å². The molecule has 243 valence electrons. The number of alkyl halides is 1. The van der Waals surface area contributed by atoms with Gasteiger partial charge in [-0.25, -0.2) is 9.37 Å². The van der Waals surface area contributed by atoms with Gasteiger partial charge in [-0.05, 0) is 49.2 Å². The zero-order chi connectivity index (χ0) is 31.5. The molecule has 2 N–H and O–H groups in total. The molecule has 3 amide bonds. The van der Waals surface area contributed by atoms with Crippen LogP contribution < -0.4 is 10.6 Å². The van der Waals surface area contributed by atoms with E-state index in [9.17, 15) is 18.8 Å². The normalized spacial score (nSPS) is 18.0. The third kappa shape index (κ3) is 12.1. The SMILES string of the molecule is C=C/C(=C\C=C(/C=C)c1scnc1C)CNC(=O)C1CCCN1C(=O)C(NC(=O)C1(F)CC1)C(C)(C)C.CC[CH-]CC.[CH3-].[Y]. The number of unbranched alkanes of at least 4 members (excludes halogenated alkanes) is 2. The van der Waals surface area contributed by atoms with Gasteiger partial charge in [0.15, 0.2) is 5.67 Å². The van der Waals surface area contributed by atoms with Crippen molar-refractivity contribution in [2.45, 2.75) is 97.8 Å². The van der Waals surface area contributed by atoms with E-state index in [2.05, 4.69) is 49.0 Å². The predicted octanol–water partition coefficient (Wildman–Crippen LogP) is 6.73. The number of allylic oxidation sites excluding steroid dienone is 4. The van der Waals surface area contributed by atoms with E-state index in [0.717, 1.165) is 21.7 Å². The molecule has 1 aromatic rings. The number of halogens is 1. The number of carbonyl (C=O) groups is 3. The molecular weight excluding hydrogens is 652 g/mol. The van der Waals surface area contributed by atoms with Crippen LogP contribution in [-0.4, -0.2) is 58.4 Å². The summed E-state index contributed by atoms with van der Waals surface area (Å²) < 4.78 is 14.3. The summed E-state index contributed by atoms with van der Waals surface area (Å²) in [5, 5.41) is 5.54. The van der Waals surface area contributed by atoms with Crippen LogP contribution >= 0.6 is 11.3 Å². The molecule has 1 saturated carbocycles. The molecule has 10 heteroatoms. The largest absolute Gasteiger partial charge is 0.358 e. The summed E-state index contributed by atoms with van der Waals surface area (Å²) in [6.07, 6.45) is 13.4. The second-order valence-electron chi connectivity index (χ2n) is 11.8. The molecule has 1 radical (unpaired) electrons. The average molecular weight is 704 g/mol. The van der Waals surface area contributed by atoms with Gasteiger partial charge in [-0.1, -0.05) is 72.1 Å². The number of rotatable bonds is 12. The summed E-state index contributed by atoms with van der Waals surface area (Å²) in [5.74, 6) is -1.38. The number of thiazole rings is 1. The van der Waals surface area contributed by atoms with Crippen molar-refractivity contribution >= 4 is 34.6 Å². The number of nitrogens with zero attached hydrogens (tertiary/aromatic N) is 2. The van der Waals surface area contributed by atoms with Crippen LogP contribution in [0.1, 0.15) is 83.7 Å². The first-order chi connectivity index (χ1) is 19.8. The number of aryl methyl sites for hydroxylation is 1. The summed E-state index contributed by atoms with van der Waals surface area (Å²) in [7, 11) is 0. The molecule has 2 fully saturated rings. The Hall–Kier alpha value is -1.97. The number of hydrogen-bond donors (Lipinski definition) is 2. The van der Waals surface area contributed by atoms with Gasteiger partial charge in [-0.15, -0.1) is 11.3 Å². The first-order valence-electron chi connectivity index (χ1n) is 14.8. The van der Waals surface area contributed by atoms with Crippen LogP contribution in [0.3, 0.4) is 0 Å². The van der Waals surface area contributed by atoms with Gasteiger partial charge in [0.25, 0.3) is 5.91 Å². The van der Waals surface area contributed by atoms with E-state index in [1.807, 2.05) is 39.8 Å². The summed E-state index contributed by atoms with van der Waals surface area (Å²) in [6, 6.07) is -1.58. The molecule has 3 rings (SSSR count). The minimum atomic E-state index is -1.88. The Labute approximate surface area is 294 Å². The molecule has 0 aromatic carbocycles. The molecule has 2 aliphatic rings. The molecule has 2 atom stereocenters. The summed E-state index contributed by atoms with van der Waals surface area (Å²) >= 11 is 1.53. The van der Waals surface area contributed by atoms with Gasteiger partial charge in [-0.2, -0.15) is 12.8 Å².